The first kappa shape index (κ1) is 21.1. The van der Waals surface area contributed by atoms with Gasteiger partial charge in [0.05, 0.1) is 0 Å². The zero-order valence-electron chi connectivity index (χ0n) is 17.2. The van der Waals surface area contributed by atoms with Gasteiger partial charge in [0.25, 0.3) is 5.56 Å². The number of nitrogens with two attached hydrogens (primary N) is 1. The Kier molecular flexibility index (Phi) is 5.86. The third kappa shape index (κ3) is 3.70. The van der Waals surface area contributed by atoms with E-state index >= 15 is 0 Å². The Morgan fingerprint density at radius 2 is 1.93 bits per heavy atom. The number of carbonyl (C=O) groups is 1. The lowest BCUT2D eigenvalue weighted by molar-refractivity contribution is -0.134. The van der Waals surface area contributed by atoms with Crippen LogP contribution >= 0.6 is 0 Å². The summed E-state index contributed by atoms with van der Waals surface area (Å²) in [5.74, 6) is -0.913. The normalized spacial score (nSPS) is 26.1. The standard InChI is InChI=1S/C20H31N5O4/c1-3-4-9-24-17(27)14(15(21)22)18(28)25(19(24)29)13-5-7-20(8-6-13)10-12(11-20)16(26)23-2/h12-13,27H,3-11H2,1-2H3,(H3,21,22)(H,23,26). The number of hydrogen-bond donors (Lipinski definition) is 4. The Morgan fingerprint density at radius 1 is 1.31 bits per heavy atom. The van der Waals surface area contributed by atoms with Gasteiger partial charge in [0, 0.05) is 25.6 Å². The molecular weight excluding hydrogens is 374 g/mol. The largest absolute Gasteiger partial charge is 0.494 e. The van der Waals surface area contributed by atoms with Crippen LogP contribution in [0.2, 0.25) is 0 Å². The average molecular weight is 405 g/mol. The van der Waals surface area contributed by atoms with Crippen LogP contribution < -0.4 is 22.3 Å². The lowest BCUT2D eigenvalue weighted by Crippen LogP contribution is -2.49. The topological polar surface area (TPSA) is 143 Å². The Morgan fingerprint density at radius 3 is 2.45 bits per heavy atom. The van der Waals surface area contributed by atoms with Crippen molar-refractivity contribution >= 4 is 11.7 Å². The highest BCUT2D eigenvalue weighted by Gasteiger charge is 2.48. The van der Waals surface area contributed by atoms with Crippen LogP contribution in [0.5, 0.6) is 5.88 Å². The maximum atomic E-state index is 13.0. The zero-order chi connectivity index (χ0) is 21.3. The molecular formula is C20H31N5O4. The molecule has 2 aliphatic carbocycles. The first-order chi connectivity index (χ1) is 13.7. The van der Waals surface area contributed by atoms with Gasteiger partial charge in [-0.1, -0.05) is 13.3 Å². The van der Waals surface area contributed by atoms with Gasteiger partial charge in [0.1, 0.15) is 11.4 Å². The number of amides is 1. The molecule has 2 aliphatic rings. The quantitative estimate of drug-likeness (QED) is 0.413. The molecule has 1 heterocycles. The SMILES string of the molecule is CCCCn1c(O)c(C(=N)N)c(=O)n(C2CCC3(CC2)CC(C(=O)NC)C3)c1=O. The Labute approximate surface area is 169 Å². The summed E-state index contributed by atoms with van der Waals surface area (Å²) in [4.78, 5) is 37.7. The number of aromatic hydroxyl groups is 1. The summed E-state index contributed by atoms with van der Waals surface area (Å²) in [5, 5.41) is 20.8. The number of rotatable bonds is 6. The van der Waals surface area contributed by atoms with Crippen LogP contribution in [0.4, 0.5) is 0 Å². The molecule has 3 rings (SSSR count). The molecule has 2 saturated carbocycles. The maximum absolute atomic E-state index is 13.0. The smallest absolute Gasteiger partial charge is 0.334 e. The summed E-state index contributed by atoms with van der Waals surface area (Å²) in [6.45, 7) is 2.24. The van der Waals surface area contributed by atoms with Crippen LogP contribution in [0.25, 0.3) is 0 Å². The van der Waals surface area contributed by atoms with Gasteiger partial charge >= 0.3 is 5.69 Å². The van der Waals surface area contributed by atoms with Crippen molar-refractivity contribution in [3.63, 3.8) is 0 Å². The summed E-state index contributed by atoms with van der Waals surface area (Å²) in [6, 6.07) is -0.286. The van der Waals surface area contributed by atoms with Crippen LogP contribution in [0, 0.1) is 16.7 Å². The van der Waals surface area contributed by atoms with Crippen molar-refractivity contribution in [3.05, 3.63) is 26.4 Å². The first-order valence-electron chi connectivity index (χ1n) is 10.4. The van der Waals surface area contributed by atoms with E-state index < -0.39 is 23.0 Å². The van der Waals surface area contributed by atoms with Crippen molar-refractivity contribution in [2.24, 2.45) is 17.1 Å². The van der Waals surface area contributed by atoms with Crippen LogP contribution in [-0.2, 0) is 11.3 Å². The molecule has 0 unspecified atom stereocenters. The van der Waals surface area contributed by atoms with E-state index in [1.54, 1.807) is 7.05 Å². The molecule has 0 bridgehead atoms. The fourth-order valence-electron chi connectivity index (χ4n) is 4.99. The number of unbranched alkanes of at least 4 members (excludes halogenated alkanes) is 1. The molecule has 160 valence electrons. The summed E-state index contributed by atoms with van der Waals surface area (Å²) < 4.78 is 2.35. The number of nitrogen functional groups attached to an aromatic ring is 1. The minimum Gasteiger partial charge on any atom is -0.494 e. The molecule has 29 heavy (non-hydrogen) atoms. The number of hydrogen-bond acceptors (Lipinski definition) is 5. The van der Waals surface area contributed by atoms with Crippen molar-refractivity contribution in [1.82, 2.24) is 14.5 Å². The predicted octanol–water partition coefficient (Wildman–Crippen LogP) is 1.06. The number of aromatic nitrogens is 2. The zero-order valence-corrected chi connectivity index (χ0v) is 17.2. The predicted molar refractivity (Wildman–Crippen MR) is 109 cm³/mol. The molecule has 0 radical (unpaired) electrons. The van der Waals surface area contributed by atoms with Gasteiger partial charge in [0.15, 0.2) is 0 Å². The molecule has 2 fully saturated rings. The van der Waals surface area contributed by atoms with Gasteiger partial charge in [-0.25, -0.2) is 4.79 Å². The van der Waals surface area contributed by atoms with Crippen LogP contribution in [0.3, 0.4) is 0 Å². The van der Waals surface area contributed by atoms with Gasteiger partial charge in [-0.15, -0.1) is 0 Å². The molecule has 5 N–H and O–H groups in total. The van der Waals surface area contributed by atoms with E-state index in [1.807, 2.05) is 6.92 Å². The average Bonchev–Trinajstić information content (AvgIpc) is 2.65. The van der Waals surface area contributed by atoms with E-state index in [9.17, 15) is 19.5 Å². The van der Waals surface area contributed by atoms with Crippen molar-refractivity contribution in [2.75, 3.05) is 7.05 Å². The summed E-state index contributed by atoms with van der Waals surface area (Å²) >= 11 is 0. The number of nitrogens with one attached hydrogen (secondary N) is 2. The van der Waals surface area contributed by atoms with E-state index in [0.717, 1.165) is 36.7 Å². The van der Waals surface area contributed by atoms with Gasteiger partial charge in [-0.05, 0) is 50.4 Å². The van der Waals surface area contributed by atoms with Gasteiger partial charge in [-0.2, -0.15) is 0 Å². The highest BCUT2D eigenvalue weighted by Crippen LogP contribution is 2.56. The minimum atomic E-state index is -0.689. The second-order valence-electron chi connectivity index (χ2n) is 8.53. The maximum Gasteiger partial charge on any atom is 0.334 e. The highest BCUT2D eigenvalue weighted by molar-refractivity contribution is 5.96. The van der Waals surface area contributed by atoms with Crippen molar-refractivity contribution in [3.8, 4) is 5.88 Å². The molecule has 1 amide bonds. The lowest BCUT2D eigenvalue weighted by atomic mass is 9.55. The van der Waals surface area contributed by atoms with E-state index in [2.05, 4.69) is 5.32 Å². The molecule has 1 aromatic rings. The van der Waals surface area contributed by atoms with Crippen LogP contribution in [-0.4, -0.2) is 33.0 Å². The van der Waals surface area contributed by atoms with E-state index in [-0.39, 0.29) is 35.4 Å². The van der Waals surface area contributed by atoms with Crippen LogP contribution in [0.15, 0.2) is 9.59 Å². The molecule has 0 saturated heterocycles. The molecule has 9 nitrogen and oxygen atoms in total. The highest BCUT2D eigenvalue weighted by atomic mass is 16.3. The molecule has 1 aromatic heterocycles. The fraction of sp³-hybridized carbons (Fsp3) is 0.700. The Bertz CT molecular complexity index is 916. The summed E-state index contributed by atoms with van der Waals surface area (Å²) in [7, 11) is 1.65. The Balaban J connectivity index is 1.87. The van der Waals surface area contributed by atoms with Gasteiger partial charge in [0.2, 0.25) is 11.8 Å². The van der Waals surface area contributed by atoms with Gasteiger partial charge in [-0.3, -0.25) is 24.1 Å². The van der Waals surface area contributed by atoms with E-state index in [4.69, 9.17) is 11.1 Å². The third-order valence-corrected chi connectivity index (χ3v) is 6.71. The Hall–Kier alpha value is -2.58. The number of nitrogens with zero attached hydrogens (tertiary/aromatic N) is 2. The van der Waals surface area contributed by atoms with Crippen molar-refractivity contribution in [2.45, 2.75) is 70.9 Å². The number of amidine groups is 1. The monoisotopic (exact) mass is 405 g/mol. The second kappa shape index (κ2) is 8.04. The summed E-state index contributed by atoms with van der Waals surface area (Å²) in [5.41, 5.74) is 4.14. The molecule has 0 aromatic carbocycles. The summed E-state index contributed by atoms with van der Waals surface area (Å²) in [6.07, 6.45) is 6.20. The van der Waals surface area contributed by atoms with E-state index in [1.165, 1.54) is 4.57 Å². The molecule has 1 spiro atoms. The van der Waals surface area contributed by atoms with E-state index in [0.29, 0.717) is 19.3 Å². The second-order valence-corrected chi connectivity index (χ2v) is 8.53. The number of carbonyl (C=O) groups excluding carboxylic acids is 1. The molecule has 0 atom stereocenters. The molecule has 9 heteroatoms. The van der Waals surface area contributed by atoms with Crippen molar-refractivity contribution < 1.29 is 9.90 Å². The molecule has 0 aliphatic heterocycles. The van der Waals surface area contributed by atoms with Crippen LogP contribution in [0.1, 0.15) is 69.9 Å². The fourth-order valence-corrected chi connectivity index (χ4v) is 4.99. The minimum absolute atomic E-state index is 0.0588. The first-order valence-corrected chi connectivity index (χ1v) is 10.4. The third-order valence-electron chi connectivity index (χ3n) is 6.71. The lowest BCUT2D eigenvalue weighted by Gasteiger charge is -2.51. The van der Waals surface area contributed by atoms with Gasteiger partial charge < -0.3 is 16.2 Å². The van der Waals surface area contributed by atoms with Crippen molar-refractivity contribution in [1.29, 1.82) is 5.41 Å².